The number of carboxylic acids is 1. The Bertz CT molecular complexity index is 401. The van der Waals surface area contributed by atoms with E-state index in [-0.39, 0.29) is 12.1 Å². The van der Waals surface area contributed by atoms with Crippen molar-refractivity contribution in [3.63, 3.8) is 0 Å². The number of piperidine rings is 1. The summed E-state index contributed by atoms with van der Waals surface area (Å²) in [5.74, 6) is -0.886. The normalized spacial score (nSPS) is 34.0. The molecule has 20 heavy (non-hydrogen) atoms. The number of carbonyl (C=O) groups is 2. The van der Waals surface area contributed by atoms with E-state index >= 15 is 0 Å². The third kappa shape index (κ3) is 2.49. The zero-order valence-electron chi connectivity index (χ0n) is 11.8. The van der Waals surface area contributed by atoms with Crippen molar-refractivity contribution in [1.29, 1.82) is 0 Å². The van der Waals surface area contributed by atoms with Crippen molar-refractivity contribution in [2.24, 2.45) is 0 Å². The predicted octanol–water partition coefficient (Wildman–Crippen LogP) is 0.872. The van der Waals surface area contributed by atoms with Crippen LogP contribution in [0, 0.1) is 0 Å². The second-order valence-electron chi connectivity index (χ2n) is 6.13. The van der Waals surface area contributed by atoms with Gasteiger partial charge >= 0.3 is 12.0 Å². The van der Waals surface area contributed by atoms with Crippen LogP contribution >= 0.6 is 0 Å². The molecule has 0 saturated carbocycles. The highest BCUT2D eigenvalue weighted by Crippen LogP contribution is 2.27. The molecule has 3 aliphatic heterocycles. The molecule has 112 valence electrons. The SMILES string of the molecule is O=C(O)[C@H]1CCCN1C(=O)NC1CCN2CCCCC12. The number of nitrogens with zero attached hydrogens (tertiary/aromatic N) is 2. The van der Waals surface area contributed by atoms with Gasteiger partial charge in [0.25, 0.3) is 0 Å². The second kappa shape index (κ2) is 5.60. The van der Waals surface area contributed by atoms with Gasteiger partial charge in [-0.15, -0.1) is 0 Å². The van der Waals surface area contributed by atoms with Crippen molar-refractivity contribution >= 4 is 12.0 Å². The third-order valence-corrected chi connectivity index (χ3v) is 4.96. The van der Waals surface area contributed by atoms with Crippen molar-refractivity contribution in [1.82, 2.24) is 15.1 Å². The summed E-state index contributed by atoms with van der Waals surface area (Å²) in [5, 5.41) is 12.2. The summed E-state index contributed by atoms with van der Waals surface area (Å²) in [4.78, 5) is 27.4. The molecular weight excluding hydrogens is 258 g/mol. The van der Waals surface area contributed by atoms with E-state index in [9.17, 15) is 9.59 Å². The molecule has 3 atom stereocenters. The maximum absolute atomic E-state index is 12.3. The Morgan fingerprint density at radius 3 is 2.65 bits per heavy atom. The highest BCUT2D eigenvalue weighted by atomic mass is 16.4. The van der Waals surface area contributed by atoms with Crippen LogP contribution in [0.1, 0.15) is 38.5 Å². The van der Waals surface area contributed by atoms with E-state index in [2.05, 4.69) is 10.2 Å². The summed E-state index contributed by atoms with van der Waals surface area (Å²) >= 11 is 0. The summed E-state index contributed by atoms with van der Waals surface area (Å²) in [6.07, 6.45) is 5.97. The molecule has 2 amide bonds. The van der Waals surface area contributed by atoms with E-state index in [1.54, 1.807) is 0 Å². The maximum atomic E-state index is 12.3. The summed E-state index contributed by atoms with van der Waals surface area (Å²) in [6.45, 7) is 2.75. The average Bonchev–Trinajstić information content (AvgIpc) is 3.06. The van der Waals surface area contributed by atoms with Crippen LogP contribution in [0.2, 0.25) is 0 Å². The number of hydrogen-bond acceptors (Lipinski definition) is 3. The van der Waals surface area contributed by atoms with Crippen molar-refractivity contribution in [3.05, 3.63) is 0 Å². The number of nitrogens with one attached hydrogen (secondary N) is 1. The highest BCUT2D eigenvalue weighted by Gasteiger charge is 2.39. The highest BCUT2D eigenvalue weighted by molar-refractivity contribution is 5.83. The molecule has 0 radical (unpaired) electrons. The summed E-state index contributed by atoms with van der Waals surface area (Å²) in [5.41, 5.74) is 0. The first kappa shape index (κ1) is 13.7. The fourth-order valence-electron chi connectivity index (χ4n) is 3.92. The number of amides is 2. The molecule has 2 N–H and O–H groups in total. The molecular formula is C14H23N3O3. The lowest BCUT2D eigenvalue weighted by atomic mass is 9.99. The van der Waals surface area contributed by atoms with Crippen molar-refractivity contribution in [2.45, 2.75) is 56.7 Å². The number of likely N-dealkylation sites (tertiary alicyclic amines) is 1. The van der Waals surface area contributed by atoms with Gasteiger partial charge in [-0.3, -0.25) is 4.90 Å². The quantitative estimate of drug-likeness (QED) is 0.788. The number of urea groups is 1. The predicted molar refractivity (Wildman–Crippen MR) is 73.5 cm³/mol. The smallest absolute Gasteiger partial charge is 0.326 e. The first-order valence-corrected chi connectivity index (χ1v) is 7.71. The van der Waals surface area contributed by atoms with Gasteiger partial charge in [-0.05, 0) is 38.6 Å². The lowest BCUT2D eigenvalue weighted by molar-refractivity contribution is -0.141. The number of rotatable bonds is 2. The van der Waals surface area contributed by atoms with Crippen LogP contribution in [0.3, 0.4) is 0 Å². The van der Waals surface area contributed by atoms with Crippen LogP contribution in [0.5, 0.6) is 0 Å². The van der Waals surface area contributed by atoms with Gasteiger partial charge in [0.05, 0.1) is 0 Å². The van der Waals surface area contributed by atoms with Gasteiger partial charge in [0.15, 0.2) is 0 Å². The van der Waals surface area contributed by atoms with Crippen LogP contribution in [-0.2, 0) is 4.79 Å². The minimum atomic E-state index is -0.886. The lowest BCUT2D eigenvalue weighted by Crippen LogP contribution is -2.52. The average molecular weight is 281 g/mol. The van der Waals surface area contributed by atoms with Gasteiger partial charge in [-0.25, -0.2) is 9.59 Å². The molecule has 6 nitrogen and oxygen atoms in total. The summed E-state index contributed by atoms with van der Waals surface area (Å²) in [6, 6.07) is -0.178. The molecule has 3 aliphatic rings. The van der Waals surface area contributed by atoms with Crippen molar-refractivity contribution in [3.8, 4) is 0 Å². The fourth-order valence-corrected chi connectivity index (χ4v) is 3.92. The zero-order valence-corrected chi connectivity index (χ0v) is 11.8. The van der Waals surface area contributed by atoms with Crippen LogP contribution in [0.15, 0.2) is 0 Å². The topological polar surface area (TPSA) is 72.9 Å². The number of carbonyl (C=O) groups excluding carboxylic acids is 1. The minimum Gasteiger partial charge on any atom is -0.480 e. The molecule has 0 aromatic rings. The van der Waals surface area contributed by atoms with E-state index in [0.29, 0.717) is 19.0 Å². The Balaban J connectivity index is 1.60. The van der Waals surface area contributed by atoms with E-state index in [1.165, 1.54) is 17.7 Å². The molecule has 3 rings (SSSR count). The number of carboxylic acid groups (broad SMARTS) is 1. The van der Waals surface area contributed by atoms with Crippen molar-refractivity contribution in [2.75, 3.05) is 19.6 Å². The molecule has 3 heterocycles. The van der Waals surface area contributed by atoms with Gasteiger partial charge in [0.1, 0.15) is 6.04 Å². The van der Waals surface area contributed by atoms with Crippen LogP contribution in [0.4, 0.5) is 4.79 Å². The van der Waals surface area contributed by atoms with Gasteiger partial charge in [0, 0.05) is 25.2 Å². The van der Waals surface area contributed by atoms with Crippen LogP contribution in [-0.4, -0.2) is 64.7 Å². The second-order valence-corrected chi connectivity index (χ2v) is 6.13. The van der Waals surface area contributed by atoms with Gasteiger partial charge < -0.3 is 15.3 Å². The van der Waals surface area contributed by atoms with Gasteiger partial charge in [0.2, 0.25) is 0 Å². The van der Waals surface area contributed by atoms with E-state index in [0.717, 1.165) is 32.4 Å². The van der Waals surface area contributed by atoms with E-state index in [4.69, 9.17) is 5.11 Å². The minimum absolute atomic E-state index is 0.188. The van der Waals surface area contributed by atoms with Gasteiger partial charge in [-0.2, -0.15) is 0 Å². The van der Waals surface area contributed by atoms with Crippen molar-refractivity contribution < 1.29 is 14.7 Å². The molecule has 6 heteroatoms. The Labute approximate surface area is 119 Å². The maximum Gasteiger partial charge on any atom is 0.326 e. The summed E-state index contributed by atoms with van der Waals surface area (Å²) < 4.78 is 0. The molecule has 0 bridgehead atoms. The third-order valence-electron chi connectivity index (χ3n) is 4.96. The Morgan fingerprint density at radius 1 is 1.00 bits per heavy atom. The molecule has 3 saturated heterocycles. The van der Waals surface area contributed by atoms with Crippen LogP contribution in [0.25, 0.3) is 0 Å². The molecule has 3 fully saturated rings. The van der Waals surface area contributed by atoms with Gasteiger partial charge in [-0.1, -0.05) is 6.42 Å². The standard InChI is InChI=1S/C14H23N3O3/c18-13(19)12-5-3-8-17(12)14(20)15-10-6-9-16-7-2-1-4-11(10)16/h10-12H,1-9H2,(H,15,20)(H,18,19)/t10?,11?,12-/m1/s1. The first-order chi connectivity index (χ1) is 9.66. The largest absolute Gasteiger partial charge is 0.480 e. The molecule has 0 aromatic carbocycles. The monoisotopic (exact) mass is 281 g/mol. The number of fused-ring (bicyclic) bond motifs is 1. The summed E-state index contributed by atoms with van der Waals surface area (Å²) in [7, 11) is 0. The zero-order chi connectivity index (χ0) is 14.1. The number of aliphatic carboxylic acids is 1. The fraction of sp³-hybridized carbons (Fsp3) is 0.857. The Morgan fingerprint density at radius 2 is 1.85 bits per heavy atom. The lowest BCUT2D eigenvalue weighted by Gasteiger charge is -2.33. The Kier molecular flexibility index (Phi) is 3.83. The molecule has 2 unspecified atom stereocenters. The Hall–Kier alpha value is -1.30. The van der Waals surface area contributed by atoms with E-state index in [1.807, 2.05) is 0 Å². The van der Waals surface area contributed by atoms with E-state index < -0.39 is 12.0 Å². The first-order valence-electron chi connectivity index (χ1n) is 7.71. The number of hydrogen-bond donors (Lipinski definition) is 2. The van der Waals surface area contributed by atoms with Crippen LogP contribution < -0.4 is 5.32 Å². The molecule has 0 aromatic heterocycles. The molecule has 0 aliphatic carbocycles. The molecule has 0 spiro atoms.